The molecule has 0 aromatic heterocycles. The second-order valence-electron chi connectivity index (χ2n) is 2.29. The third-order valence-electron chi connectivity index (χ3n) is 1.57. The summed E-state index contributed by atoms with van der Waals surface area (Å²) in [6.45, 7) is 3.93. The first-order chi connectivity index (χ1) is 4.22. The SMILES string of the molecule is CCC(C)C(O)[CH]CO. The molecule has 0 aliphatic rings. The van der Waals surface area contributed by atoms with E-state index in [4.69, 9.17) is 10.2 Å². The predicted octanol–water partition coefficient (Wildman–Crippen LogP) is 0.590. The van der Waals surface area contributed by atoms with Gasteiger partial charge in [-0.2, -0.15) is 0 Å². The zero-order valence-corrected chi connectivity index (χ0v) is 6.04. The van der Waals surface area contributed by atoms with Crippen molar-refractivity contribution < 1.29 is 10.2 Å². The van der Waals surface area contributed by atoms with Gasteiger partial charge < -0.3 is 10.2 Å². The summed E-state index contributed by atoms with van der Waals surface area (Å²) in [4.78, 5) is 0. The molecule has 1 radical (unpaired) electrons. The van der Waals surface area contributed by atoms with E-state index in [-0.39, 0.29) is 12.5 Å². The van der Waals surface area contributed by atoms with Crippen LogP contribution in [0, 0.1) is 12.3 Å². The summed E-state index contributed by atoms with van der Waals surface area (Å²) >= 11 is 0. The third kappa shape index (κ3) is 3.49. The lowest BCUT2D eigenvalue weighted by molar-refractivity contribution is 0.128. The lowest BCUT2D eigenvalue weighted by atomic mass is 10.00. The Labute approximate surface area is 56.5 Å². The van der Waals surface area contributed by atoms with Gasteiger partial charge in [-0.05, 0) is 5.92 Å². The maximum absolute atomic E-state index is 9.10. The zero-order valence-electron chi connectivity index (χ0n) is 6.04. The molecule has 2 N–H and O–H groups in total. The van der Waals surface area contributed by atoms with E-state index >= 15 is 0 Å². The molecule has 0 amide bonds. The monoisotopic (exact) mass is 131 g/mol. The van der Waals surface area contributed by atoms with Crippen molar-refractivity contribution in [3.63, 3.8) is 0 Å². The normalized spacial score (nSPS) is 17.3. The molecule has 0 fully saturated rings. The fourth-order valence-electron chi connectivity index (χ4n) is 0.582. The van der Waals surface area contributed by atoms with Crippen LogP contribution < -0.4 is 0 Å². The summed E-state index contributed by atoms with van der Waals surface area (Å²) in [5, 5.41) is 17.5. The Kier molecular flexibility index (Phi) is 4.72. The molecular weight excluding hydrogens is 116 g/mol. The van der Waals surface area contributed by atoms with Gasteiger partial charge in [0.2, 0.25) is 0 Å². The van der Waals surface area contributed by atoms with Crippen molar-refractivity contribution in [2.24, 2.45) is 5.92 Å². The fourth-order valence-corrected chi connectivity index (χ4v) is 0.582. The Morgan fingerprint density at radius 2 is 2.11 bits per heavy atom. The lowest BCUT2D eigenvalue weighted by Crippen LogP contribution is -2.18. The van der Waals surface area contributed by atoms with Gasteiger partial charge in [0.15, 0.2) is 0 Å². The number of aliphatic hydroxyl groups is 2. The summed E-state index contributed by atoms with van der Waals surface area (Å²) in [6.07, 6.45) is 2.01. The van der Waals surface area contributed by atoms with Gasteiger partial charge in [-0.25, -0.2) is 0 Å². The average molecular weight is 131 g/mol. The smallest absolute Gasteiger partial charge is 0.0620 e. The summed E-state index contributed by atoms with van der Waals surface area (Å²) in [5.74, 6) is 0.261. The zero-order chi connectivity index (χ0) is 7.28. The maximum Gasteiger partial charge on any atom is 0.0620 e. The van der Waals surface area contributed by atoms with E-state index in [9.17, 15) is 0 Å². The van der Waals surface area contributed by atoms with Crippen LogP contribution in [0.25, 0.3) is 0 Å². The van der Waals surface area contributed by atoms with E-state index in [0.29, 0.717) is 0 Å². The minimum absolute atomic E-state index is 0.0362. The minimum Gasteiger partial charge on any atom is -0.396 e. The van der Waals surface area contributed by atoms with Crippen molar-refractivity contribution in [1.82, 2.24) is 0 Å². The Balaban J connectivity index is 3.32. The quantitative estimate of drug-likeness (QED) is 0.586. The first-order valence-electron chi connectivity index (χ1n) is 3.34. The maximum atomic E-state index is 9.10. The summed E-state index contributed by atoms with van der Waals surface area (Å²) in [7, 11) is 0. The van der Waals surface area contributed by atoms with E-state index in [1.807, 2.05) is 13.8 Å². The van der Waals surface area contributed by atoms with Crippen LogP contribution in [0.5, 0.6) is 0 Å². The Morgan fingerprint density at radius 3 is 2.44 bits per heavy atom. The number of rotatable bonds is 4. The van der Waals surface area contributed by atoms with Gasteiger partial charge in [0.1, 0.15) is 0 Å². The van der Waals surface area contributed by atoms with Crippen LogP contribution in [-0.4, -0.2) is 22.9 Å². The van der Waals surface area contributed by atoms with Crippen LogP contribution in [0.2, 0.25) is 0 Å². The van der Waals surface area contributed by atoms with Crippen LogP contribution in [0.15, 0.2) is 0 Å². The summed E-state index contributed by atoms with van der Waals surface area (Å²) in [5.41, 5.74) is 0. The number of hydrogen-bond acceptors (Lipinski definition) is 2. The highest BCUT2D eigenvalue weighted by atomic mass is 16.3. The van der Waals surface area contributed by atoms with E-state index < -0.39 is 6.10 Å². The van der Waals surface area contributed by atoms with E-state index in [2.05, 4.69) is 0 Å². The molecule has 0 saturated carbocycles. The van der Waals surface area contributed by atoms with Crippen molar-refractivity contribution in [2.45, 2.75) is 26.4 Å². The van der Waals surface area contributed by atoms with Crippen LogP contribution in [0.3, 0.4) is 0 Å². The highest BCUT2D eigenvalue weighted by molar-refractivity contribution is 4.77. The van der Waals surface area contributed by atoms with Crippen molar-refractivity contribution in [3.05, 3.63) is 6.42 Å². The van der Waals surface area contributed by atoms with Crippen molar-refractivity contribution >= 4 is 0 Å². The molecule has 2 heteroatoms. The molecule has 55 valence electrons. The topological polar surface area (TPSA) is 40.5 Å². The van der Waals surface area contributed by atoms with Crippen LogP contribution in [0.1, 0.15) is 20.3 Å². The van der Waals surface area contributed by atoms with Crippen LogP contribution in [-0.2, 0) is 0 Å². The minimum atomic E-state index is -0.444. The van der Waals surface area contributed by atoms with Gasteiger partial charge >= 0.3 is 0 Å². The first-order valence-corrected chi connectivity index (χ1v) is 3.34. The molecule has 0 bridgehead atoms. The Hall–Kier alpha value is -0.0800. The van der Waals surface area contributed by atoms with Crippen molar-refractivity contribution in [1.29, 1.82) is 0 Å². The Morgan fingerprint density at radius 1 is 1.56 bits per heavy atom. The number of aliphatic hydroxyl groups excluding tert-OH is 2. The Bertz CT molecular complexity index is 63.9. The molecule has 0 aliphatic heterocycles. The van der Waals surface area contributed by atoms with Crippen molar-refractivity contribution in [3.8, 4) is 0 Å². The van der Waals surface area contributed by atoms with Gasteiger partial charge in [0, 0.05) is 13.0 Å². The van der Waals surface area contributed by atoms with E-state index in [1.54, 1.807) is 0 Å². The molecule has 0 spiro atoms. The second kappa shape index (κ2) is 4.77. The van der Waals surface area contributed by atoms with Gasteiger partial charge in [-0.3, -0.25) is 0 Å². The van der Waals surface area contributed by atoms with Crippen LogP contribution >= 0.6 is 0 Å². The lowest BCUT2D eigenvalue weighted by Gasteiger charge is -2.14. The molecule has 0 rings (SSSR count). The predicted molar refractivity (Wildman–Crippen MR) is 36.8 cm³/mol. The molecule has 0 aliphatic carbocycles. The fraction of sp³-hybridized carbons (Fsp3) is 0.857. The van der Waals surface area contributed by atoms with Gasteiger partial charge in [0.05, 0.1) is 6.10 Å². The second-order valence-corrected chi connectivity index (χ2v) is 2.29. The van der Waals surface area contributed by atoms with Crippen molar-refractivity contribution in [2.75, 3.05) is 6.61 Å². The summed E-state index contributed by atoms with van der Waals surface area (Å²) < 4.78 is 0. The van der Waals surface area contributed by atoms with Crippen LogP contribution in [0.4, 0.5) is 0 Å². The molecule has 0 heterocycles. The van der Waals surface area contributed by atoms with E-state index in [1.165, 1.54) is 6.42 Å². The standard InChI is InChI=1S/C7H15O2/c1-3-6(2)7(9)4-5-8/h4,6-9H,3,5H2,1-2H3. The molecule has 2 atom stereocenters. The summed E-state index contributed by atoms with van der Waals surface area (Å²) in [6, 6.07) is 0. The highest BCUT2D eigenvalue weighted by Gasteiger charge is 2.10. The van der Waals surface area contributed by atoms with E-state index in [0.717, 1.165) is 6.42 Å². The van der Waals surface area contributed by atoms with Gasteiger partial charge in [-0.15, -0.1) is 0 Å². The van der Waals surface area contributed by atoms with Gasteiger partial charge in [-0.1, -0.05) is 20.3 Å². The highest BCUT2D eigenvalue weighted by Crippen LogP contribution is 2.08. The average Bonchev–Trinajstić information content (AvgIpc) is 1.87. The molecule has 0 aromatic rings. The first kappa shape index (κ1) is 8.92. The molecule has 9 heavy (non-hydrogen) atoms. The molecule has 0 aromatic carbocycles. The molecule has 2 nitrogen and oxygen atoms in total. The molecular formula is C7H15O2. The molecule has 2 unspecified atom stereocenters. The van der Waals surface area contributed by atoms with Gasteiger partial charge in [0.25, 0.3) is 0 Å². The number of hydrogen-bond donors (Lipinski definition) is 2. The largest absolute Gasteiger partial charge is 0.396 e. The third-order valence-corrected chi connectivity index (χ3v) is 1.57. The molecule has 0 saturated heterocycles.